The highest BCUT2D eigenvalue weighted by atomic mass is 16.5. The third-order valence-electron chi connectivity index (χ3n) is 8.04. The van der Waals surface area contributed by atoms with E-state index in [1.165, 1.54) is 44.9 Å². The van der Waals surface area contributed by atoms with Crippen molar-refractivity contribution >= 4 is 16.8 Å². The molecule has 41 heavy (non-hydrogen) atoms. The van der Waals surface area contributed by atoms with Crippen LogP contribution >= 0.6 is 0 Å². The minimum atomic E-state index is -0.370. The Labute approximate surface area is 247 Å². The van der Waals surface area contributed by atoms with E-state index in [9.17, 15) is 9.59 Å². The zero-order chi connectivity index (χ0) is 29.5. The number of rotatable bonds is 19. The second-order valence-corrected chi connectivity index (χ2v) is 11.2. The van der Waals surface area contributed by atoms with Crippen LogP contribution < -0.4 is 10.3 Å². The molecular formula is C35H51N3O3. The summed E-state index contributed by atoms with van der Waals surface area (Å²) < 4.78 is 7.30. The quantitative estimate of drug-likeness (QED) is 0.137. The Kier molecular flexibility index (Phi) is 13.9. The molecule has 2 aromatic carbocycles. The summed E-state index contributed by atoms with van der Waals surface area (Å²) in [6.07, 6.45) is 15.8. The summed E-state index contributed by atoms with van der Waals surface area (Å²) in [6, 6.07) is 14.6. The molecule has 3 aromatic rings. The van der Waals surface area contributed by atoms with Crippen LogP contribution in [0.3, 0.4) is 0 Å². The minimum absolute atomic E-state index is 0.144. The zero-order valence-corrected chi connectivity index (χ0v) is 25.9. The fourth-order valence-electron chi connectivity index (χ4n) is 5.59. The van der Waals surface area contributed by atoms with Gasteiger partial charge in [-0.2, -0.15) is 0 Å². The van der Waals surface area contributed by atoms with Crippen molar-refractivity contribution in [2.24, 2.45) is 0 Å². The molecule has 1 aromatic heterocycles. The Balaban J connectivity index is 1.86. The molecule has 0 fully saturated rings. The van der Waals surface area contributed by atoms with Crippen LogP contribution in [0.25, 0.3) is 16.6 Å². The van der Waals surface area contributed by atoms with E-state index >= 15 is 0 Å². The largest absolute Gasteiger partial charge is 0.495 e. The van der Waals surface area contributed by atoms with Crippen molar-refractivity contribution in [3.05, 3.63) is 64.7 Å². The average molecular weight is 562 g/mol. The molecular weight excluding hydrogens is 510 g/mol. The lowest BCUT2D eigenvalue weighted by Crippen LogP contribution is -2.38. The molecule has 0 radical (unpaired) electrons. The van der Waals surface area contributed by atoms with Gasteiger partial charge in [-0.05, 0) is 44.0 Å². The maximum Gasteiger partial charge on any atom is 0.266 e. The van der Waals surface area contributed by atoms with Gasteiger partial charge in [0.05, 0.1) is 29.7 Å². The predicted octanol–water partition coefficient (Wildman–Crippen LogP) is 8.79. The van der Waals surface area contributed by atoms with Crippen LogP contribution in [-0.2, 0) is 4.79 Å². The number of ether oxygens (including phenoxy) is 1. The van der Waals surface area contributed by atoms with Crippen LogP contribution in [0.2, 0.25) is 0 Å². The average Bonchev–Trinajstić information content (AvgIpc) is 3.00. The number of carbonyl (C=O) groups excluding carboxylic acids is 1. The number of hydrogen-bond donors (Lipinski definition) is 0. The maximum absolute atomic E-state index is 13.9. The lowest BCUT2D eigenvalue weighted by molar-refractivity contribution is -0.133. The summed E-state index contributed by atoms with van der Waals surface area (Å²) in [5.41, 5.74) is 1.12. The maximum atomic E-state index is 13.9. The number of methoxy groups -OCH3 is 1. The highest BCUT2D eigenvalue weighted by Gasteiger charge is 2.27. The summed E-state index contributed by atoms with van der Waals surface area (Å²) in [7, 11) is 1.61. The summed E-state index contributed by atoms with van der Waals surface area (Å²) in [5.74, 6) is 1.30. The molecule has 3 rings (SSSR count). The Morgan fingerprint density at radius 1 is 0.829 bits per heavy atom. The van der Waals surface area contributed by atoms with Crippen LogP contribution in [0, 0.1) is 0 Å². The van der Waals surface area contributed by atoms with Gasteiger partial charge in [-0.15, -0.1) is 0 Å². The molecule has 1 amide bonds. The first-order chi connectivity index (χ1) is 20.0. The highest BCUT2D eigenvalue weighted by Crippen LogP contribution is 2.28. The van der Waals surface area contributed by atoms with E-state index in [1.807, 2.05) is 60.4 Å². The second-order valence-electron chi connectivity index (χ2n) is 11.2. The second kappa shape index (κ2) is 17.6. The third kappa shape index (κ3) is 9.17. The molecule has 0 saturated carbocycles. The van der Waals surface area contributed by atoms with Gasteiger partial charge in [0, 0.05) is 13.0 Å². The molecule has 0 aliphatic heterocycles. The van der Waals surface area contributed by atoms with Gasteiger partial charge in [0.15, 0.2) is 0 Å². The van der Waals surface area contributed by atoms with Crippen LogP contribution in [0.5, 0.6) is 5.75 Å². The molecule has 0 aliphatic carbocycles. The molecule has 0 saturated heterocycles. The number of nitrogens with zero attached hydrogens (tertiary/aromatic N) is 3. The number of aromatic nitrogens is 2. The van der Waals surface area contributed by atoms with Gasteiger partial charge in [-0.1, -0.05) is 109 Å². The van der Waals surface area contributed by atoms with Crippen molar-refractivity contribution in [3.8, 4) is 11.4 Å². The Hall–Kier alpha value is -3.15. The van der Waals surface area contributed by atoms with E-state index in [2.05, 4.69) is 13.8 Å². The zero-order valence-electron chi connectivity index (χ0n) is 25.9. The van der Waals surface area contributed by atoms with Gasteiger partial charge in [0.1, 0.15) is 11.6 Å². The molecule has 1 heterocycles. The van der Waals surface area contributed by atoms with E-state index in [0.717, 1.165) is 38.5 Å². The van der Waals surface area contributed by atoms with Gasteiger partial charge in [0.25, 0.3) is 5.56 Å². The lowest BCUT2D eigenvalue weighted by Gasteiger charge is -2.31. The van der Waals surface area contributed by atoms with E-state index in [1.54, 1.807) is 11.7 Å². The van der Waals surface area contributed by atoms with E-state index in [0.29, 0.717) is 41.1 Å². The van der Waals surface area contributed by atoms with Crippen LogP contribution in [0.4, 0.5) is 0 Å². The number of benzene rings is 2. The Bertz CT molecular complexity index is 1270. The normalized spacial score (nSPS) is 12.0. The van der Waals surface area contributed by atoms with Crippen molar-refractivity contribution in [1.29, 1.82) is 0 Å². The van der Waals surface area contributed by atoms with E-state index < -0.39 is 0 Å². The van der Waals surface area contributed by atoms with E-state index in [-0.39, 0.29) is 17.5 Å². The van der Waals surface area contributed by atoms with Crippen molar-refractivity contribution in [1.82, 2.24) is 14.5 Å². The van der Waals surface area contributed by atoms with Crippen molar-refractivity contribution in [2.45, 2.75) is 117 Å². The monoisotopic (exact) mass is 561 g/mol. The smallest absolute Gasteiger partial charge is 0.266 e. The third-order valence-corrected chi connectivity index (χ3v) is 8.04. The van der Waals surface area contributed by atoms with Crippen molar-refractivity contribution < 1.29 is 9.53 Å². The summed E-state index contributed by atoms with van der Waals surface area (Å²) in [5, 5.41) is 0.546. The van der Waals surface area contributed by atoms with Crippen molar-refractivity contribution in [2.75, 3.05) is 13.7 Å². The first-order valence-corrected chi connectivity index (χ1v) is 16.0. The number of amides is 1. The SMILES string of the molecule is CCCCCCCCCCCC(=O)N(CCCCCC)[C@@H](C)c1nc2ccccc2c(=O)n1-c1ccccc1OC. The van der Waals surface area contributed by atoms with Gasteiger partial charge >= 0.3 is 0 Å². The predicted molar refractivity (Wildman–Crippen MR) is 170 cm³/mol. The van der Waals surface area contributed by atoms with Gasteiger partial charge in [-0.3, -0.25) is 14.2 Å². The molecule has 0 spiro atoms. The summed E-state index contributed by atoms with van der Waals surface area (Å²) in [4.78, 5) is 34.6. The van der Waals surface area contributed by atoms with Gasteiger partial charge in [-0.25, -0.2) is 4.98 Å². The number of carbonyl (C=O) groups is 1. The summed E-state index contributed by atoms with van der Waals surface area (Å²) >= 11 is 0. The van der Waals surface area contributed by atoms with Crippen molar-refractivity contribution in [3.63, 3.8) is 0 Å². The van der Waals surface area contributed by atoms with Gasteiger partial charge < -0.3 is 9.64 Å². The number of para-hydroxylation sites is 3. The highest BCUT2D eigenvalue weighted by molar-refractivity contribution is 5.79. The fourth-order valence-corrected chi connectivity index (χ4v) is 5.59. The first-order valence-electron chi connectivity index (χ1n) is 16.0. The lowest BCUT2D eigenvalue weighted by atomic mass is 10.1. The topological polar surface area (TPSA) is 64.4 Å². The summed E-state index contributed by atoms with van der Waals surface area (Å²) in [6.45, 7) is 7.11. The van der Waals surface area contributed by atoms with Crippen LogP contribution in [-0.4, -0.2) is 34.0 Å². The molecule has 0 bridgehead atoms. The molecule has 6 nitrogen and oxygen atoms in total. The first kappa shape index (κ1) is 32.4. The van der Waals surface area contributed by atoms with Crippen LogP contribution in [0.15, 0.2) is 53.3 Å². The number of unbranched alkanes of at least 4 members (excludes halogenated alkanes) is 11. The molecule has 224 valence electrons. The van der Waals surface area contributed by atoms with E-state index in [4.69, 9.17) is 9.72 Å². The van der Waals surface area contributed by atoms with Gasteiger partial charge in [0.2, 0.25) is 5.91 Å². The molecule has 0 N–H and O–H groups in total. The molecule has 6 heteroatoms. The van der Waals surface area contributed by atoms with Crippen LogP contribution in [0.1, 0.15) is 123 Å². The Morgan fingerprint density at radius 3 is 2.10 bits per heavy atom. The number of fused-ring (bicyclic) bond motifs is 1. The standard InChI is InChI=1S/C35H51N3O3/c1-5-7-9-11-12-13-14-15-16-26-33(39)37(27-21-10-8-6-2)28(3)34-36-30-23-18-17-22-29(30)35(40)38(34)31-24-19-20-25-32(31)41-4/h17-20,22-25,28H,5-16,21,26-27H2,1-4H3/t28-/m0/s1. The number of hydrogen-bond acceptors (Lipinski definition) is 4. The Morgan fingerprint density at radius 2 is 1.41 bits per heavy atom. The minimum Gasteiger partial charge on any atom is -0.495 e. The molecule has 1 atom stereocenters. The molecule has 0 aliphatic rings. The molecule has 0 unspecified atom stereocenters. The fraction of sp³-hybridized carbons (Fsp3) is 0.571.